The molecule has 1 aromatic carbocycles. The van der Waals surface area contributed by atoms with E-state index in [9.17, 15) is 14.7 Å². The minimum absolute atomic E-state index is 0.147. The molecule has 1 amide bonds. The lowest BCUT2D eigenvalue weighted by atomic mass is 9.58. The Morgan fingerprint density at radius 2 is 1.86 bits per heavy atom. The van der Waals surface area contributed by atoms with Crippen LogP contribution in [0.2, 0.25) is 0 Å². The van der Waals surface area contributed by atoms with Gasteiger partial charge in [0.15, 0.2) is 0 Å². The van der Waals surface area contributed by atoms with Crippen molar-refractivity contribution >= 4 is 12.1 Å². The monoisotopic (exact) mass is 303 g/mol. The Balaban J connectivity index is 1.51. The maximum atomic E-state index is 11.9. The molecule has 2 fully saturated rings. The third kappa shape index (κ3) is 2.93. The van der Waals surface area contributed by atoms with Crippen molar-refractivity contribution < 1.29 is 19.4 Å². The first-order valence-electron chi connectivity index (χ1n) is 7.81. The van der Waals surface area contributed by atoms with Crippen LogP contribution in [-0.2, 0) is 16.1 Å². The molecule has 2 saturated carbocycles. The summed E-state index contributed by atoms with van der Waals surface area (Å²) < 4.78 is 5.13. The fraction of sp³-hybridized carbons (Fsp3) is 0.529. The lowest BCUT2D eigenvalue weighted by Gasteiger charge is -2.50. The molecule has 1 aromatic rings. The van der Waals surface area contributed by atoms with Gasteiger partial charge in [0.1, 0.15) is 12.1 Å². The molecule has 0 unspecified atom stereocenters. The Kier molecular flexibility index (Phi) is 4.05. The summed E-state index contributed by atoms with van der Waals surface area (Å²) in [7, 11) is 0. The molecular formula is C17H21NO4. The molecule has 22 heavy (non-hydrogen) atoms. The Hall–Kier alpha value is -2.04. The van der Waals surface area contributed by atoms with E-state index in [0.29, 0.717) is 24.7 Å². The molecule has 0 atom stereocenters. The highest BCUT2D eigenvalue weighted by atomic mass is 16.5. The predicted molar refractivity (Wildman–Crippen MR) is 80.2 cm³/mol. The molecule has 0 bridgehead atoms. The van der Waals surface area contributed by atoms with E-state index in [-0.39, 0.29) is 6.61 Å². The molecule has 2 aliphatic carbocycles. The van der Waals surface area contributed by atoms with Crippen molar-refractivity contribution in [2.24, 2.45) is 11.8 Å². The zero-order valence-corrected chi connectivity index (χ0v) is 12.5. The average molecular weight is 303 g/mol. The maximum absolute atomic E-state index is 11.9. The summed E-state index contributed by atoms with van der Waals surface area (Å²) in [6, 6.07) is 9.33. The SMILES string of the molecule is O=C(NC1(C(=O)O)CC(C2CCC2)C1)OCc1ccccc1. The quantitative estimate of drug-likeness (QED) is 0.877. The molecule has 5 nitrogen and oxygen atoms in total. The van der Waals surface area contributed by atoms with E-state index < -0.39 is 17.6 Å². The van der Waals surface area contributed by atoms with E-state index in [2.05, 4.69) is 5.32 Å². The molecule has 0 radical (unpaired) electrons. The van der Waals surface area contributed by atoms with Crippen LogP contribution in [0.4, 0.5) is 4.79 Å². The molecule has 5 heteroatoms. The van der Waals surface area contributed by atoms with Gasteiger partial charge in [0.05, 0.1) is 0 Å². The van der Waals surface area contributed by atoms with E-state index in [1.807, 2.05) is 30.3 Å². The van der Waals surface area contributed by atoms with Crippen LogP contribution in [0, 0.1) is 11.8 Å². The lowest BCUT2D eigenvalue weighted by Crippen LogP contribution is -2.64. The van der Waals surface area contributed by atoms with Crippen LogP contribution in [0.3, 0.4) is 0 Å². The van der Waals surface area contributed by atoms with E-state index in [1.165, 1.54) is 19.3 Å². The van der Waals surface area contributed by atoms with Gasteiger partial charge in [0, 0.05) is 0 Å². The maximum Gasteiger partial charge on any atom is 0.408 e. The summed E-state index contributed by atoms with van der Waals surface area (Å²) in [5, 5.41) is 12.0. The Morgan fingerprint density at radius 3 is 2.41 bits per heavy atom. The van der Waals surface area contributed by atoms with Gasteiger partial charge in [-0.1, -0.05) is 49.6 Å². The second-order valence-electron chi connectivity index (χ2n) is 6.43. The van der Waals surface area contributed by atoms with Crippen LogP contribution in [0.1, 0.15) is 37.7 Å². The first-order chi connectivity index (χ1) is 10.6. The average Bonchev–Trinajstić information content (AvgIpc) is 2.41. The fourth-order valence-electron chi connectivity index (χ4n) is 3.36. The van der Waals surface area contributed by atoms with Gasteiger partial charge < -0.3 is 15.2 Å². The highest BCUT2D eigenvalue weighted by Crippen LogP contribution is 2.49. The zero-order chi connectivity index (χ0) is 15.6. The standard InChI is InChI=1S/C17H21NO4/c19-15(20)17(9-14(10-17)13-7-4-8-13)18-16(21)22-11-12-5-2-1-3-6-12/h1-3,5-6,13-14H,4,7-11H2,(H,18,21)(H,19,20). The number of carbonyl (C=O) groups is 2. The second-order valence-corrected chi connectivity index (χ2v) is 6.43. The number of carbonyl (C=O) groups excluding carboxylic acids is 1. The molecule has 0 saturated heterocycles. The van der Waals surface area contributed by atoms with Crippen LogP contribution in [-0.4, -0.2) is 22.7 Å². The van der Waals surface area contributed by atoms with Crippen molar-refractivity contribution in [2.75, 3.05) is 0 Å². The summed E-state index contributed by atoms with van der Waals surface area (Å²) in [6.45, 7) is 0.147. The first-order valence-corrected chi connectivity index (χ1v) is 7.81. The van der Waals surface area contributed by atoms with Crippen molar-refractivity contribution in [1.82, 2.24) is 5.32 Å². The number of amides is 1. The van der Waals surface area contributed by atoms with Crippen molar-refractivity contribution in [3.8, 4) is 0 Å². The number of benzene rings is 1. The third-order valence-corrected chi connectivity index (χ3v) is 5.00. The molecule has 0 aromatic heterocycles. The molecule has 0 heterocycles. The summed E-state index contributed by atoms with van der Waals surface area (Å²) in [4.78, 5) is 23.4. The van der Waals surface area contributed by atoms with Gasteiger partial charge in [0.2, 0.25) is 0 Å². The van der Waals surface area contributed by atoms with Crippen LogP contribution in [0.25, 0.3) is 0 Å². The summed E-state index contributed by atoms with van der Waals surface area (Å²) in [6.07, 6.45) is 4.02. The molecule has 3 rings (SSSR count). The smallest absolute Gasteiger partial charge is 0.408 e. The number of rotatable bonds is 5. The number of alkyl carbamates (subject to hydrolysis) is 1. The zero-order valence-electron chi connectivity index (χ0n) is 12.5. The number of nitrogens with one attached hydrogen (secondary N) is 1. The van der Waals surface area contributed by atoms with E-state index in [1.54, 1.807) is 0 Å². The Morgan fingerprint density at radius 1 is 1.18 bits per heavy atom. The number of carboxylic acids is 1. The molecule has 0 aliphatic heterocycles. The van der Waals surface area contributed by atoms with Crippen LogP contribution < -0.4 is 5.32 Å². The number of ether oxygens (including phenoxy) is 1. The molecule has 0 spiro atoms. The summed E-state index contributed by atoms with van der Waals surface area (Å²) in [5.74, 6) is 0.119. The van der Waals surface area contributed by atoms with Gasteiger partial charge >= 0.3 is 12.1 Å². The summed E-state index contributed by atoms with van der Waals surface area (Å²) in [5.41, 5.74) is -0.253. The van der Waals surface area contributed by atoms with Gasteiger partial charge in [-0.25, -0.2) is 9.59 Å². The topological polar surface area (TPSA) is 75.6 Å². The minimum atomic E-state index is -1.13. The van der Waals surface area contributed by atoms with E-state index in [4.69, 9.17) is 4.74 Å². The van der Waals surface area contributed by atoms with Crippen LogP contribution >= 0.6 is 0 Å². The minimum Gasteiger partial charge on any atom is -0.480 e. The lowest BCUT2D eigenvalue weighted by molar-refractivity contribution is -0.153. The van der Waals surface area contributed by atoms with Crippen molar-refractivity contribution in [2.45, 2.75) is 44.2 Å². The van der Waals surface area contributed by atoms with E-state index in [0.717, 1.165) is 5.56 Å². The first kappa shape index (κ1) is 14.9. The number of hydrogen-bond acceptors (Lipinski definition) is 3. The largest absolute Gasteiger partial charge is 0.480 e. The molecule has 2 aliphatic rings. The number of carboxylic acid groups (broad SMARTS) is 1. The Bertz CT molecular complexity index is 547. The van der Waals surface area contributed by atoms with Gasteiger partial charge in [-0.15, -0.1) is 0 Å². The second kappa shape index (κ2) is 5.99. The van der Waals surface area contributed by atoms with Gasteiger partial charge in [0.25, 0.3) is 0 Å². The molecular weight excluding hydrogens is 282 g/mol. The normalized spacial score (nSPS) is 27.4. The highest BCUT2D eigenvalue weighted by Gasteiger charge is 2.54. The van der Waals surface area contributed by atoms with Gasteiger partial charge in [-0.05, 0) is 30.2 Å². The highest BCUT2D eigenvalue weighted by molar-refractivity contribution is 5.85. The van der Waals surface area contributed by atoms with Crippen LogP contribution in [0.15, 0.2) is 30.3 Å². The number of hydrogen-bond donors (Lipinski definition) is 2. The van der Waals surface area contributed by atoms with Gasteiger partial charge in [-0.3, -0.25) is 0 Å². The van der Waals surface area contributed by atoms with Crippen molar-refractivity contribution in [1.29, 1.82) is 0 Å². The molecule has 118 valence electrons. The number of aliphatic carboxylic acids is 1. The van der Waals surface area contributed by atoms with Crippen molar-refractivity contribution in [3.63, 3.8) is 0 Å². The van der Waals surface area contributed by atoms with Gasteiger partial charge in [-0.2, -0.15) is 0 Å². The van der Waals surface area contributed by atoms with E-state index >= 15 is 0 Å². The van der Waals surface area contributed by atoms with Crippen molar-refractivity contribution in [3.05, 3.63) is 35.9 Å². The third-order valence-electron chi connectivity index (χ3n) is 5.00. The molecule has 2 N–H and O–H groups in total. The fourth-order valence-corrected chi connectivity index (χ4v) is 3.36. The Labute approximate surface area is 129 Å². The summed E-state index contributed by atoms with van der Waals surface area (Å²) >= 11 is 0. The predicted octanol–water partition coefficient (Wildman–Crippen LogP) is 2.95. The van der Waals surface area contributed by atoms with Crippen LogP contribution in [0.5, 0.6) is 0 Å².